The Kier molecular flexibility index (Phi) is 5.71. The van der Waals surface area contributed by atoms with Gasteiger partial charge < -0.3 is 14.6 Å². The molecule has 5 nitrogen and oxygen atoms in total. The van der Waals surface area contributed by atoms with Gasteiger partial charge in [0.15, 0.2) is 0 Å². The first-order chi connectivity index (χ1) is 12.7. The SMILES string of the molecule is COC(=O)c1cccc(-c2ccc(/C=N\NCc3ccc(Cl)cc3)o2)c1. The summed E-state index contributed by atoms with van der Waals surface area (Å²) in [6, 6.07) is 18.3. The second kappa shape index (κ2) is 8.36. The molecule has 0 aliphatic rings. The van der Waals surface area contributed by atoms with Crippen LogP contribution in [0.2, 0.25) is 5.02 Å². The van der Waals surface area contributed by atoms with Crippen molar-refractivity contribution in [2.24, 2.45) is 5.10 Å². The summed E-state index contributed by atoms with van der Waals surface area (Å²) in [5.74, 6) is 0.869. The molecule has 3 aromatic rings. The maximum Gasteiger partial charge on any atom is 0.337 e. The quantitative estimate of drug-likeness (QED) is 0.395. The molecule has 0 aliphatic carbocycles. The van der Waals surface area contributed by atoms with Gasteiger partial charge in [0, 0.05) is 10.6 Å². The second-order valence-corrected chi connectivity index (χ2v) is 5.93. The average molecular weight is 369 g/mol. The minimum Gasteiger partial charge on any atom is -0.465 e. The molecule has 0 atom stereocenters. The fourth-order valence-corrected chi connectivity index (χ4v) is 2.47. The zero-order chi connectivity index (χ0) is 18.4. The number of carbonyl (C=O) groups excluding carboxylic acids is 1. The zero-order valence-electron chi connectivity index (χ0n) is 14.1. The first-order valence-corrected chi connectivity index (χ1v) is 8.32. The number of hydrogen-bond acceptors (Lipinski definition) is 5. The number of rotatable bonds is 6. The summed E-state index contributed by atoms with van der Waals surface area (Å²) in [6.45, 7) is 0.586. The average Bonchev–Trinajstić information content (AvgIpc) is 3.15. The summed E-state index contributed by atoms with van der Waals surface area (Å²) in [7, 11) is 1.35. The summed E-state index contributed by atoms with van der Waals surface area (Å²) in [6.07, 6.45) is 1.60. The number of benzene rings is 2. The van der Waals surface area contributed by atoms with Gasteiger partial charge in [0.25, 0.3) is 0 Å². The largest absolute Gasteiger partial charge is 0.465 e. The lowest BCUT2D eigenvalue weighted by molar-refractivity contribution is 0.0601. The van der Waals surface area contributed by atoms with Gasteiger partial charge in [0.05, 0.1) is 25.4 Å². The van der Waals surface area contributed by atoms with E-state index in [4.69, 9.17) is 20.8 Å². The number of carbonyl (C=O) groups is 1. The monoisotopic (exact) mass is 368 g/mol. The Morgan fingerprint density at radius 3 is 2.77 bits per heavy atom. The summed E-state index contributed by atoms with van der Waals surface area (Å²) < 4.78 is 10.5. The van der Waals surface area contributed by atoms with Crippen LogP contribution in [0.4, 0.5) is 0 Å². The Balaban J connectivity index is 1.62. The van der Waals surface area contributed by atoms with E-state index in [2.05, 4.69) is 10.5 Å². The van der Waals surface area contributed by atoms with Crippen molar-refractivity contribution in [3.05, 3.63) is 82.6 Å². The number of nitrogens with one attached hydrogen (secondary N) is 1. The fourth-order valence-electron chi connectivity index (χ4n) is 2.34. The Bertz CT molecular complexity index is 917. The van der Waals surface area contributed by atoms with E-state index < -0.39 is 0 Å². The summed E-state index contributed by atoms with van der Waals surface area (Å²) in [5, 5.41) is 4.85. The molecule has 0 radical (unpaired) electrons. The molecule has 2 aromatic carbocycles. The van der Waals surface area contributed by atoms with E-state index in [1.807, 2.05) is 42.5 Å². The number of methoxy groups -OCH3 is 1. The molecule has 0 bridgehead atoms. The molecule has 0 saturated carbocycles. The van der Waals surface area contributed by atoms with Crippen molar-refractivity contribution in [3.8, 4) is 11.3 Å². The Labute approximate surface area is 156 Å². The van der Waals surface area contributed by atoms with Gasteiger partial charge in [-0.3, -0.25) is 0 Å². The molecule has 0 spiro atoms. The first-order valence-electron chi connectivity index (χ1n) is 7.94. The van der Waals surface area contributed by atoms with Crippen molar-refractivity contribution >= 4 is 23.8 Å². The predicted molar refractivity (Wildman–Crippen MR) is 101 cm³/mol. The lowest BCUT2D eigenvalue weighted by Crippen LogP contribution is -2.05. The molecule has 26 heavy (non-hydrogen) atoms. The van der Waals surface area contributed by atoms with E-state index >= 15 is 0 Å². The lowest BCUT2D eigenvalue weighted by Gasteiger charge is -2.01. The van der Waals surface area contributed by atoms with E-state index in [1.165, 1.54) is 7.11 Å². The number of hydrazone groups is 1. The Morgan fingerprint density at radius 1 is 1.19 bits per heavy atom. The van der Waals surface area contributed by atoms with Crippen molar-refractivity contribution in [2.45, 2.75) is 6.54 Å². The third-order valence-electron chi connectivity index (χ3n) is 3.67. The number of ether oxygens (including phenoxy) is 1. The lowest BCUT2D eigenvalue weighted by atomic mass is 10.1. The van der Waals surface area contributed by atoms with Gasteiger partial charge in [-0.05, 0) is 42.0 Å². The standard InChI is InChI=1S/C20H17ClN2O3/c1-25-20(24)16-4-2-3-15(11-16)19-10-9-18(26-19)13-23-22-12-14-5-7-17(21)8-6-14/h2-11,13,22H,12H2,1H3/b23-13-. The Morgan fingerprint density at radius 2 is 2.00 bits per heavy atom. The molecule has 0 fully saturated rings. The van der Waals surface area contributed by atoms with Crippen LogP contribution in [-0.2, 0) is 11.3 Å². The van der Waals surface area contributed by atoms with E-state index in [9.17, 15) is 4.79 Å². The van der Waals surface area contributed by atoms with Crippen molar-refractivity contribution < 1.29 is 13.9 Å². The van der Waals surface area contributed by atoms with Crippen molar-refractivity contribution in [1.82, 2.24) is 5.43 Å². The molecule has 1 heterocycles. The molecule has 0 amide bonds. The molecule has 3 rings (SSSR count). The highest BCUT2D eigenvalue weighted by molar-refractivity contribution is 6.30. The van der Waals surface area contributed by atoms with Crippen LogP contribution in [0.25, 0.3) is 11.3 Å². The number of halogens is 1. The van der Waals surface area contributed by atoms with Crippen LogP contribution < -0.4 is 5.43 Å². The van der Waals surface area contributed by atoms with E-state index in [0.29, 0.717) is 28.7 Å². The van der Waals surface area contributed by atoms with Gasteiger partial charge >= 0.3 is 5.97 Å². The molecule has 0 aliphatic heterocycles. The van der Waals surface area contributed by atoms with Gasteiger partial charge in [-0.25, -0.2) is 4.79 Å². The maximum absolute atomic E-state index is 11.6. The smallest absolute Gasteiger partial charge is 0.337 e. The summed E-state index contributed by atoms with van der Waals surface area (Å²) in [4.78, 5) is 11.6. The van der Waals surface area contributed by atoms with E-state index in [-0.39, 0.29) is 5.97 Å². The van der Waals surface area contributed by atoms with Crippen LogP contribution in [0, 0.1) is 0 Å². The molecular weight excluding hydrogens is 352 g/mol. The number of nitrogens with zero attached hydrogens (tertiary/aromatic N) is 1. The number of furan rings is 1. The number of esters is 1. The Hall–Kier alpha value is -3.05. The molecule has 0 unspecified atom stereocenters. The highest BCUT2D eigenvalue weighted by Crippen LogP contribution is 2.23. The predicted octanol–water partition coefficient (Wildman–Crippen LogP) is 4.51. The molecule has 132 valence electrons. The van der Waals surface area contributed by atoms with Crippen LogP contribution >= 0.6 is 11.6 Å². The van der Waals surface area contributed by atoms with Gasteiger partial charge in [-0.1, -0.05) is 35.9 Å². The van der Waals surface area contributed by atoms with Gasteiger partial charge in [-0.2, -0.15) is 5.10 Å². The van der Waals surface area contributed by atoms with Crippen molar-refractivity contribution in [1.29, 1.82) is 0 Å². The maximum atomic E-state index is 11.6. The highest BCUT2D eigenvalue weighted by atomic mass is 35.5. The van der Waals surface area contributed by atoms with Gasteiger partial charge in [-0.15, -0.1) is 0 Å². The van der Waals surface area contributed by atoms with E-state index in [1.54, 1.807) is 24.4 Å². The minimum atomic E-state index is -0.383. The van der Waals surface area contributed by atoms with Crippen LogP contribution in [0.15, 0.2) is 70.2 Å². The highest BCUT2D eigenvalue weighted by Gasteiger charge is 2.09. The van der Waals surface area contributed by atoms with Crippen LogP contribution in [-0.4, -0.2) is 19.3 Å². The second-order valence-electron chi connectivity index (χ2n) is 5.49. The molecule has 6 heteroatoms. The van der Waals surface area contributed by atoms with Crippen LogP contribution in [0.1, 0.15) is 21.7 Å². The number of hydrogen-bond donors (Lipinski definition) is 1. The van der Waals surface area contributed by atoms with Crippen molar-refractivity contribution in [2.75, 3.05) is 7.11 Å². The van der Waals surface area contributed by atoms with E-state index in [0.717, 1.165) is 11.1 Å². The van der Waals surface area contributed by atoms with Gasteiger partial charge in [0.1, 0.15) is 11.5 Å². The first kappa shape index (κ1) is 17.8. The summed E-state index contributed by atoms with van der Waals surface area (Å²) >= 11 is 5.85. The molecule has 1 aromatic heterocycles. The topological polar surface area (TPSA) is 63.8 Å². The minimum absolute atomic E-state index is 0.383. The molecule has 0 saturated heterocycles. The third kappa shape index (κ3) is 4.52. The molecule has 1 N–H and O–H groups in total. The fraction of sp³-hybridized carbons (Fsp3) is 0.100. The molecular formula is C20H17ClN2O3. The van der Waals surface area contributed by atoms with Crippen molar-refractivity contribution in [3.63, 3.8) is 0 Å². The van der Waals surface area contributed by atoms with Gasteiger partial charge in [0.2, 0.25) is 0 Å². The van der Waals surface area contributed by atoms with Crippen LogP contribution in [0.3, 0.4) is 0 Å². The zero-order valence-corrected chi connectivity index (χ0v) is 14.9. The summed E-state index contributed by atoms with van der Waals surface area (Å²) in [5.41, 5.74) is 5.30. The normalized spacial score (nSPS) is 10.8. The third-order valence-corrected chi connectivity index (χ3v) is 3.93. The van der Waals surface area contributed by atoms with Crippen LogP contribution in [0.5, 0.6) is 0 Å².